The highest BCUT2D eigenvalue weighted by Crippen LogP contribution is 2.43. The molecule has 1 aliphatic heterocycles. The van der Waals surface area contributed by atoms with Crippen molar-refractivity contribution in [2.75, 3.05) is 0 Å². The van der Waals surface area contributed by atoms with E-state index in [0.29, 0.717) is 22.7 Å². The molecule has 1 N–H and O–H groups in total. The van der Waals surface area contributed by atoms with Crippen LogP contribution in [0.25, 0.3) is 0 Å². The van der Waals surface area contributed by atoms with Gasteiger partial charge in [0, 0.05) is 29.5 Å². The highest BCUT2D eigenvalue weighted by atomic mass is 35.5. The Morgan fingerprint density at radius 3 is 2.26 bits per heavy atom. The van der Waals surface area contributed by atoms with Crippen molar-refractivity contribution in [3.8, 4) is 0 Å². The van der Waals surface area contributed by atoms with Crippen LogP contribution >= 0.6 is 11.6 Å². The number of hydrogen-bond donors (Lipinski definition) is 1. The summed E-state index contributed by atoms with van der Waals surface area (Å²) in [5.41, 5.74) is 3.95. The first-order valence-electron chi connectivity index (χ1n) is 11.0. The quantitative estimate of drug-likeness (QED) is 0.416. The van der Waals surface area contributed by atoms with E-state index < -0.39 is 12.1 Å². The Hall–Kier alpha value is -3.96. The van der Waals surface area contributed by atoms with Crippen molar-refractivity contribution >= 4 is 23.4 Å². The Bertz CT molecular complexity index is 1310. The van der Waals surface area contributed by atoms with Gasteiger partial charge in [-0.25, -0.2) is 0 Å². The summed E-state index contributed by atoms with van der Waals surface area (Å²) in [7, 11) is 0. The second-order valence-electron chi connectivity index (χ2n) is 8.14. The van der Waals surface area contributed by atoms with Crippen molar-refractivity contribution < 1.29 is 9.59 Å². The largest absolute Gasteiger partial charge is 0.350 e. The fourth-order valence-electron chi connectivity index (χ4n) is 4.46. The number of nitrogens with zero attached hydrogens (tertiary/aromatic N) is 2. The lowest BCUT2D eigenvalue weighted by Crippen LogP contribution is -2.41. The SMILES string of the molecule is O=C(NCc1ccccc1)C1c2ccccc2C(=O)N1C(c1ccncc1)c1ccc(Cl)cc1. The molecule has 1 aromatic heterocycles. The van der Waals surface area contributed by atoms with E-state index in [1.165, 1.54) is 0 Å². The second-order valence-corrected chi connectivity index (χ2v) is 8.58. The van der Waals surface area contributed by atoms with Gasteiger partial charge in [0.1, 0.15) is 6.04 Å². The smallest absolute Gasteiger partial charge is 0.255 e. The van der Waals surface area contributed by atoms with Crippen LogP contribution in [0.4, 0.5) is 0 Å². The molecular weight excluding hydrogens is 446 g/mol. The maximum absolute atomic E-state index is 13.7. The molecule has 6 heteroatoms. The summed E-state index contributed by atoms with van der Waals surface area (Å²) in [6, 6.07) is 26.9. The van der Waals surface area contributed by atoms with Crippen molar-refractivity contribution in [1.82, 2.24) is 15.2 Å². The average molecular weight is 468 g/mol. The van der Waals surface area contributed by atoms with Gasteiger partial charge in [-0.3, -0.25) is 14.6 Å². The minimum absolute atomic E-state index is 0.188. The standard InChI is InChI=1S/C28H22ClN3O2/c29-22-12-10-20(11-13-22)25(21-14-16-30-17-15-21)32-26(23-8-4-5-9-24(23)28(32)34)27(33)31-18-19-6-2-1-3-7-19/h1-17,25-26H,18H2,(H,31,33). The molecule has 5 rings (SSSR count). The normalized spacial score (nSPS) is 15.6. The zero-order valence-electron chi connectivity index (χ0n) is 18.3. The van der Waals surface area contributed by atoms with E-state index in [1.807, 2.05) is 72.8 Å². The Morgan fingerprint density at radius 1 is 0.882 bits per heavy atom. The van der Waals surface area contributed by atoms with Crippen molar-refractivity contribution in [3.05, 3.63) is 136 Å². The van der Waals surface area contributed by atoms with Gasteiger partial charge < -0.3 is 10.2 Å². The summed E-state index contributed by atoms with van der Waals surface area (Å²) in [4.78, 5) is 33.2. The summed E-state index contributed by atoms with van der Waals surface area (Å²) in [6.45, 7) is 0.376. The molecule has 4 aromatic rings. The first kappa shape index (κ1) is 21.9. The summed E-state index contributed by atoms with van der Waals surface area (Å²) < 4.78 is 0. The van der Waals surface area contributed by atoms with Crippen molar-refractivity contribution in [1.29, 1.82) is 0 Å². The number of carbonyl (C=O) groups excluding carboxylic acids is 2. The van der Waals surface area contributed by atoms with Gasteiger partial charge in [-0.05, 0) is 52.6 Å². The lowest BCUT2D eigenvalue weighted by atomic mass is 9.96. The zero-order valence-corrected chi connectivity index (χ0v) is 19.0. The topological polar surface area (TPSA) is 62.3 Å². The number of hydrogen-bond acceptors (Lipinski definition) is 3. The van der Waals surface area contributed by atoms with Gasteiger partial charge in [-0.2, -0.15) is 0 Å². The Labute approximate surface area is 203 Å². The molecule has 0 aliphatic carbocycles. The van der Waals surface area contributed by atoms with Crippen molar-refractivity contribution in [2.24, 2.45) is 0 Å². The minimum Gasteiger partial charge on any atom is -0.350 e. The van der Waals surface area contributed by atoms with Gasteiger partial charge in [0.15, 0.2) is 0 Å². The van der Waals surface area contributed by atoms with Crippen LogP contribution in [0.5, 0.6) is 0 Å². The van der Waals surface area contributed by atoms with Crippen molar-refractivity contribution in [2.45, 2.75) is 18.6 Å². The molecule has 0 bridgehead atoms. The molecule has 2 atom stereocenters. The molecule has 0 saturated carbocycles. The molecule has 5 nitrogen and oxygen atoms in total. The Balaban J connectivity index is 1.58. The third kappa shape index (κ3) is 4.18. The predicted octanol–water partition coefficient (Wildman–Crippen LogP) is 5.34. The van der Waals surface area contributed by atoms with Crippen LogP contribution in [0.2, 0.25) is 5.02 Å². The van der Waals surface area contributed by atoms with Crippen LogP contribution < -0.4 is 5.32 Å². The summed E-state index contributed by atoms with van der Waals surface area (Å²) in [5, 5.41) is 3.64. The lowest BCUT2D eigenvalue weighted by Gasteiger charge is -2.33. The van der Waals surface area contributed by atoms with Gasteiger partial charge in [-0.15, -0.1) is 0 Å². The van der Waals surface area contributed by atoms with E-state index in [-0.39, 0.29) is 11.8 Å². The van der Waals surface area contributed by atoms with Crippen molar-refractivity contribution in [3.63, 3.8) is 0 Å². The molecule has 2 amide bonds. The van der Waals surface area contributed by atoms with Crippen LogP contribution in [-0.4, -0.2) is 21.7 Å². The predicted molar refractivity (Wildman–Crippen MR) is 131 cm³/mol. The molecule has 2 heterocycles. The first-order chi connectivity index (χ1) is 16.6. The summed E-state index contributed by atoms with van der Waals surface area (Å²) in [6.07, 6.45) is 3.38. The van der Waals surface area contributed by atoms with E-state index >= 15 is 0 Å². The maximum Gasteiger partial charge on any atom is 0.255 e. The average Bonchev–Trinajstić information content (AvgIpc) is 3.17. The number of nitrogens with one attached hydrogen (secondary N) is 1. The fraction of sp³-hybridized carbons (Fsp3) is 0.107. The maximum atomic E-state index is 13.7. The van der Waals surface area contributed by atoms with Gasteiger partial charge in [0.2, 0.25) is 5.91 Å². The number of carbonyl (C=O) groups is 2. The van der Waals surface area contributed by atoms with E-state index in [9.17, 15) is 9.59 Å². The highest BCUT2D eigenvalue weighted by molar-refractivity contribution is 6.30. The van der Waals surface area contributed by atoms with Crippen LogP contribution in [0.15, 0.2) is 103 Å². The van der Waals surface area contributed by atoms with E-state index in [1.54, 1.807) is 35.5 Å². The van der Waals surface area contributed by atoms with Gasteiger partial charge in [0.25, 0.3) is 5.91 Å². The number of aromatic nitrogens is 1. The summed E-state index contributed by atoms with van der Waals surface area (Å²) in [5.74, 6) is -0.414. The molecular formula is C28H22ClN3O2. The number of rotatable bonds is 6. The molecule has 34 heavy (non-hydrogen) atoms. The molecule has 168 valence electrons. The van der Waals surface area contributed by atoms with Crippen LogP contribution in [0.3, 0.4) is 0 Å². The molecule has 3 aromatic carbocycles. The zero-order chi connectivity index (χ0) is 23.5. The number of benzene rings is 3. The molecule has 0 spiro atoms. The second kappa shape index (κ2) is 9.49. The lowest BCUT2D eigenvalue weighted by molar-refractivity contribution is -0.126. The highest BCUT2D eigenvalue weighted by Gasteiger charge is 2.45. The number of pyridine rings is 1. The molecule has 0 fully saturated rings. The third-order valence-corrected chi connectivity index (χ3v) is 6.29. The Morgan fingerprint density at radius 2 is 1.53 bits per heavy atom. The number of halogens is 1. The van der Waals surface area contributed by atoms with Gasteiger partial charge >= 0.3 is 0 Å². The third-order valence-electron chi connectivity index (χ3n) is 6.04. The minimum atomic E-state index is -0.777. The van der Waals surface area contributed by atoms with E-state index in [0.717, 1.165) is 16.7 Å². The van der Waals surface area contributed by atoms with E-state index in [2.05, 4.69) is 10.3 Å². The number of amides is 2. The monoisotopic (exact) mass is 467 g/mol. The molecule has 0 radical (unpaired) electrons. The molecule has 2 unspecified atom stereocenters. The fourth-order valence-corrected chi connectivity index (χ4v) is 4.58. The van der Waals surface area contributed by atoms with Gasteiger partial charge in [-0.1, -0.05) is 72.3 Å². The van der Waals surface area contributed by atoms with E-state index in [4.69, 9.17) is 11.6 Å². The molecule has 0 saturated heterocycles. The van der Waals surface area contributed by atoms with Gasteiger partial charge in [0.05, 0.1) is 6.04 Å². The molecule has 1 aliphatic rings. The number of fused-ring (bicyclic) bond motifs is 1. The first-order valence-corrected chi connectivity index (χ1v) is 11.4. The van der Waals surface area contributed by atoms with Crippen LogP contribution in [0.1, 0.15) is 44.7 Å². The van der Waals surface area contributed by atoms with Crippen LogP contribution in [-0.2, 0) is 11.3 Å². The van der Waals surface area contributed by atoms with Crippen LogP contribution in [0, 0.1) is 0 Å². The Kier molecular flexibility index (Phi) is 6.11. The summed E-state index contributed by atoms with van der Waals surface area (Å²) >= 11 is 6.15.